The van der Waals surface area contributed by atoms with Crippen LogP contribution in [0.15, 0.2) is 36.4 Å². The van der Waals surface area contributed by atoms with Gasteiger partial charge < -0.3 is 10.4 Å². The van der Waals surface area contributed by atoms with E-state index in [1.54, 1.807) is 0 Å². The Morgan fingerprint density at radius 3 is 2.90 bits per heavy atom. The standard InChI is InChI=1S/C17H17NO2S/c1-2-15-8-9-16(21-15)17(20)18-12-14-6-3-5-13(11-14)7-4-10-19/h3,5-6,8-9,11,19H,2,10,12H2,1H3,(H,18,20). The van der Waals surface area contributed by atoms with E-state index in [1.807, 2.05) is 36.4 Å². The first kappa shape index (κ1) is 15.3. The van der Waals surface area contributed by atoms with E-state index in [1.165, 1.54) is 16.2 Å². The Labute approximate surface area is 128 Å². The van der Waals surface area contributed by atoms with Gasteiger partial charge in [0.15, 0.2) is 0 Å². The second-order valence-electron chi connectivity index (χ2n) is 4.46. The first-order valence-corrected chi connectivity index (χ1v) is 7.60. The molecule has 1 aromatic heterocycles. The molecule has 1 heterocycles. The number of thiophene rings is 1. The molecule has 0 bridgehead atoms. The number of carbonyl (C=O) groups excluding carboxylic acids is 1. The molecule has 2 rings (SSSR count). The lowest BCUT2D eigenvalue weighted by Crippen LogP contribution is -2.21. The van der Waals surface area contributed by atoms with E-state index in [0.717, 1.165) is 22.4 Å². The van der Waals surface area contributed by atoms with Crippen molar-refractivity contribution in [2.75, 3.05) is 6.61 Å². The Morgan fingerprint density at radius 1 is 1.33 bits per heavy atom. The lowest BCUT2D eigenvalue weighted by Gasteiger charge is -2.04. The van der Waals surface area contributed by atoms with Gasteiger partial charge in [-0.05, 0) is 36.2 Å². The number of benzene rings is 1. The molecule has 108 valence electrons. The highest BCUT2D eigenvalue weighted by atomic mass is 32.1. The second-order valence-corrected chi connectivity index (χ2v) is 5.63. The molecule has 2 N–H and O–H groups in total. The number of hydrogen-bond donors (Lipinski definition) is 2. The summed E-state index contributed by atoms with van der Waals surface area (Å²) in [6, 6.07) is 11.5. The fraction of sp³-hybridized carbons (Fsp3) is 0.235. The largest absolute Gasteiger partial charge is 0.384 e. The van der Waals surface area contributed by atoms with Crippen LogP contribution in [0.3, 0.4) is 0 Å². The zero-order valence-electron chi connectivity index (χ0n) is 11.8. The van der Waals surface area contributed by atoms with E-state index in [0.29, 0.717) is 6.54 Å². The van der Waals surface area contributed by atoms with Crippen LogP contribution >= 0.6 is 11.3 Å². The van der Waals surface area contributed by atoms with Crippen LogP contribution in [0.2, 0.25) is 0 Å². The minimum Gasteiger partial charge on any atom is -0.384 e. The minimum atomic E-state index is -0.154. The van der Waals surface area contributed by atoms with Crippen molar-refractivity contribution in [3.63, 3.8) is 0 Å². The molecule has 0 aliphatic carbocycles. The number of rotatable bonds is 4. The fourth-order valence-corrected chi connectivity index (χ4v) is 2.72. The molecule has 3 nitrogen and oxygen atoms in total. The number of aryl methyl sites for hydroxylation is 1. The summed E-state index contributed by atoms with van der Waals surface area (Å²) < 4.78 is 0. The molecule has 1 aromatic carbocycles. The first-order chi connectivity index (χ1) is 10.2. The minimum absolute atomic E-state index is 0.0495. The Bertz CT molecular complexity index is 679. The van der Waals surface area contributed by atoms with Gasteiger partial charge in [0.05, 0.1) is 4.88 Å². The predicted octanol–water partition coefficient (Wildman–Crippen LogP) is 2.58. The van der Waals surface area contributed by atoms with Gasteiger partial charge in [-0.2, -0.15) is 0 Å². The molecule has 1 amide bonds. The van der Waals surface area contributed by atoms with Crippen LogP contribution in [0.4, 0.5) is 0 Å². The van der Waals surface area contributed by atoms with E-state index < -0.39 is 0 Å². The van der Waals surface area contributed by atoms with E-state index in [-0.39, 0.29) is 12.5 Å². The quantitative estimate of drug-likeness (QED) is 0.853. The zero-order chi connectivity index (χ0) is 15.1. The van der Waals surface area contributed by atoms with E-state index in [4.69, 9.17) is 5.11 Å². The highest BCUT2D eigenvalue weighted by Crippen LogP contribution is 2.16. The predicted molar refractivity (Wildman–Crippen MR) is 85.3 cm³/mol. The Balaban J connectivity index is 1.97. The van der Waals surface area contributed by atoms with Crippen LogP contribution in [0, 0.1) is 11.8 Å². The molecule has 0 saturated carbocycles. The van der Waals surface area contributed by atoms with Gasteiger partial charge in [-0.25, -0.2) is 0 Å². The summed E-state index contributed by atoms with van der Waals surface area (Å²) in [5, 5.41) is 11.6. The molecule has 0 fully saturated rings. The van der Waals surface area contributed by atoms with Crippen molar-refractivity contribution >= 4 is 17.2 Å². The topological polar surface area (TPSA) is 49.3 Å². The number of amides is 1. The van der Waals surface area contributed by atoms with Gasteiger partial charge in [0.2, 0.25) is 0 Å². The van der Waals surface area contributed by atoms with E-state index in [2.05, 4.69) is 24.1 Å². The fourth-order valence-electron chi connectivity index (χ4n) is 1.86. The van der Waals surface area contributed by atoms with Crippen molar-refractivity contribution in [1.82, 2.24) is 5.32 Å². The van der Waals surface area contributed by atoms with Gasteiger partial charge in [-0.15, -0.1) is 11.3 Å². The molecule has 0 atom stereocenters. The van der Waals surface area contributed by atoms with Crippen molar-refractivity contribution in [1.29, 1.82) is 0 Å². The van der Waals surface area contributed by atoms with Crippen LogP contribution in [-0.4, -0.2) is 17.6 Å². The SMILES string of the molecule is CCc1ccc(C(=O)NCc2cccc(C#CCO)c2)s1. The Hall–Kier alpha value is -2.09. The number of hydrogen-bond acceptors (Lipinski definition) is 3. The smallest absolute Gasteiger partial charge is 0.261 e. The maximum Gasteiger partial charge on any atom is 0.261 e. The zero-order valence-corrected chi connectivity index (χ0v) is 12.7. The number of nitrogens with one attached hydrogen (secondary N) is 1. The Kier molecular flexibility index (Phi) is 5.56. The molecule has 2 aromatic rings. The van der Waals surface area contributed by atoms with Crippen LogP contribution in [0.5, 0.6) is 0 Å². The third-order valence-corrected chi connectivity index (χ3v) is 4.15. The van der Waals surface area contributed by atoms with Gasteiger partial charge in [0.25, 0.3) is 5.91 Å². The average Bonchev–Trinajstić information content (AvgIpc) is 3.00. The highest BCUT2D eigenvalue weighted by molar-refractivity contribution is 7.14. The third kappa shape index (κ3) is 4.45. The highest BCUT2D eigenvalue weighted by Gasteiger charge is 2.08. The van der Waals surface area contributed by atoms with Crippen molar-refractivity contribution in [2.24, 2.45) is 0 Å². The summed E-state index contributed by atoms with van der Waals surface area (Å²) in [5.74, 6) is 5.42. The average molecular weight is 299 g/mol. The summed E-state index contributed by atoms with van der Waals surface area (Å²) in [6.07, 6.45) is 0.948. The van der Waals surface area contributed by atoms with E-state index >= 15 is 0 Å². The van der Waals surface area contributed by atoms with Crippen molar-refractivity contribution < 1.29 is 9.90 Å². The lowest BCUT2D eigenvalue weighted by molar-refractivity contribution is 0.0955. The van der Waals surface area contributed by atoms with Crippen LogP contribution < -0.4 is 5.32 Å². The molecule has 21 heavy (non-hydrogen) atoms. The number of aliphatic hydroxyl groups is 1. The molecule has 0 spiro atoms. The van der Waals surface area contributed by atoms with Crippen LogP contribution in [0.1, 0.15) is 32.6 Å². The summed E-state index contributed by atoms with van der Waals surface area (Å²) in [5.41, 5.74) is 1.82. The second kappa shape index (κ2) is 7.63. The summed E-state index contributed by atoms with van der Waals surface area (Å²) in [7, 11) is 0. The molecular formula is C17H17NO2S. The molecule has 0 unspecified atom stereocenters. The lowest BCUT2D eigenvalue weighted by atomic mass is 10.1. The van der Waals surface area contributed by atoms with Gasteiger partial charge in [-0.3, -0.25) is 4.79 Å². The van der Waals surface area contributed by atoms with Gasteiger partial charge >= 0.3 is 0 Å². The summed E-state index contributed by atoms with van der Waals surface area (Å²) >= 11 is 1.53. The van der Waals surface area contributed by atoms with Crippen molar-refractivity contribution in [3.8, 4) is 11.8 Å². The first-order valence-electron chi connectivity index (χ1n) is 6.78. The molecule has 0 aliphatic heterocycles. The van der Waals surface area contributed by atoms with Gasteiger partial charge in [0.1, 0.15) is 6.61 Å². The molecule has 0 radical (unpaired) electrons. The van der Waals surface area contributed by atoms with Crippen LogP contribution in [-0.2, 0) is 13.0 Å². The normalized spacial score (nSPS) is 9.81. The molecule has 0 aliphatic rings. The maximum absolute atomic E-state index is 12.0. The third-order valence-electron chi connectivity index (χ3n) is 2.93. The molecular weight excluding hydrogens is 282 g/mol. The Morgan fingerprint density at radius 2 is 2.19 bits per heavy atom. The summed E-state index contributed by atoms with van der Waals surface area (Å²) in [4.78, 5) is 14.0. The van der Waals surface area contributed by atoms with E-state index in [9.17, 15) is 4.79 Å². The summed E-state index contributed by atoms with van der Waals surface area (Å²) in [6.45, 7) is 2.39. The number of aliphatic hydroxyl groups excluding tert-OH is 1. The molecule has 4 heteroatoms. The van der Waals surface area contributed by atoms with Gasteiger partial charge in [0, 0.05) is 17.0 Å². The van der Waals surface area contributed by atoms with Crippen molar-refractivity contribution in [3.05, 3.63) is 57.3 Å². The van der Waals surface area contributed by atoms with Gasteiger partial charge in [-0.1, -0.05) is 30.9 Å². The van der Waals surface area contributed by atoms with Crippen molar-refractivity contribution in [2.45, 2.75) is 19.9 Å². The number of carbonyl (C=O) groups is 1. The molecule has 0 saturated heterocycles. The maximum atomic E-state index is 12.0. The monoisotopic (exact) mass is 299 g/mol. The van der Waals surface area contributed by atoms with Crippen LogP contribution in [0.25, 0.3) is 0 Å².